The SMILES string of the molecule is C=C(C)NC(=O)N[C@H](C(=O)N1CC2(C[C@H]1C(=O)NC(CC1CCC1)C(=O)C(N)=O)OC(=O)N(C)C21CC1)C(C)(C)C. The predicted molar refractivity (Wildman–Crippen MR) is 147 cm³/mol. The highest BCUT2D eigenvalue weighted by Gasteiger charge is 2.74. The summed E-state index contributed by atoms with van der Waals surface area (Å²) in [5, 5.41) is 7.94. The molecule has 2 aliphatic heterocycles. The van der Waals surface area contributed by atoms with Crippen LogP contribution in [0.4, 0.5) is 9.59 Å². The topological polar surface area (TPSA) is 180 Å². The fourth-order valence-electron chi connectivity index (χ4n) is 6.38. The van der Waals surface area contributed by atoms with Crippen LogP contribution in [-0.2, 0) is 23.9 Å². The molecule has 2 heterocycles. The van der Waals surface area contributed by atoms with Gasteiger partial charge in [0.05, 0.1) is 18.1 Å². The van der Waals surface area contributed by atoms with Crippen molar-refractivity contribution in [2.24, 2.45) is 17.1 Å². The third kappa shape index (κ3) is 5.62. The van der Waals surface area contributed by atoms with E-state index < -0.39 is 70.3 Å². The van der Waals surface area contributed by atoms with Gasteiger partial charge in [0.15, 0.2) is 5.60 Å². The Bertz CT molecular complexity index is 1170. The van der Waals surface area contributed by atoms with Crippen molar-refractivity contribution in [3.8, 4) is 0 Å². The highest BCUT2D eigenvalue weighted by Crippen LogP contribution is 2.59. The van der Waals surface area contributed by atoms with Crippen molar-refractivity contribution in [3.05, 3.63) is 12.3 Å². The van der Waals surface area contributed by atoms with Crippen molar-refractivity contribution in [3.63, 3.8) is 0 Å². The minimum Gasteiger partial charge on any atom is -0.438 e. The van der Waals surface area contributed by atoms with Crippen LogP contribution < -0.4 is 21.7 Å². The van der Waals surface area contributed by atoms with E-state index in [9.17, 15) is 28.8 Å². The van der Waals surface area contributed by atoms with Gasteiger partial charge in [-0.25, -0.2) is 9.59 Å². The van der Waals surface area contributed by atoms with E-state index in [-0.39, 0.29) is 25.3 Å². The molecule has 0 aromatic rings. The smallest absolute Gasteiger partial charge is 0.410 e. The lowest BCUT2D eigenvalue weighted by atomic mass is 9.80. The normalized spacial score (nSPS) is 26.2. The molecule has 4 atom stereocenters. The van der Waals surface area contributed by atoms with Gasteiger partial charge in [0, 0.05) is 19.2 Å². The number of fused-ring (bicyclic) bond motifs is 1. The predicted octanol–water partition coefficient (Wildman–Crippen LogP) is 0.918. The number of hydrogen-bond donors (Lipinski definition) is 4. The Labute approximate surface area is 239 Å². The third-order valence-corrected chi connectivity index (χ3v) is 9.07. The van der Waals surface area contributed by atoms with Crippen LogP contribution in [0.5, 0.6) is 0 Å². The lowest BCUT2D eigenvalue weighted by Gasteiger charge is -2.36. The van der Waals surface area contributed by atoms with Crippen LogP contribution in [-0.4, -0.2) is 88.3 Å². The molecule has 5 N–H and O–H groups in total. The summed E-state index contributed by atoms with van der Waals surface area (Å²) in [6.07, 6.45) is 3.82. The van der Waals surface area contributed by atoms with Gasteiger partial charge < -0.3 is 36.2 Å². The van der Waals surface area contributed by atoms with Crippen molar-refractivity contribution < 1.29 is 33.5 Å². The number of rotatable bonds is 9. The number of nitrogens with two attached hydrogens (primary N) is 1. The Balaban J connectivity index is 1.66. The number of Topliss-reactive ketones (excluding diaryl/α,β-unsaturated/α-hetero) is 1. The zero-order valence-electron chi connectivity index (χ0n) is 24.5. The zero-order chi connectivity index (χ0) is 30.5. The van der Waals surface area contributed by atoms with E-state index in [0.717, 1.165) is 19.3 Å². The first-order chi connectivity index (χ1) is 19.0. The Morgan fingerprint density at radius 3 is 2.27 bits per heavy atom. The molecule has 2 spiro atoms. The Morgan fingerprint density at radius 2 is 1.78 bits per heavy atom. The standard InChI is InChI=1S/C28H42N6O7/c1-15(2)30-24(39)32-20(26(3,4)5)23(38)34-14-28(27(10-11-27)33(6)25(40)41-28)13-18(34)22(37)31-17(19(35)21(29)36)12-16-8-7-9-16/h16-18,20H,1,7-14H2,2-6H3,(H2,29,36)(H,31,37)(H2,30,32,39)/t17?,18-,20+,28?/m0/s1. The molecular weight excluding hydrogens is 532 g/mol. The molecule has 226 valence electrons. The number of urea groups is 1. The molecule has 0 bridgehead atoms. The largest absolute Gasteiger partial charge is 0.438 e. The average Bonchev–Trinajstić information content (AvgIpc) is 3.52. The molecule has 0 aromatic carbocycles. The molecule has 41 heavy (non-hydrogen) atoms. The number of hydrogen-bond acceptors (Lipinski definition) is 7. The quantitative estimate of drug-likeness (QED) is 0.295. The number of ketones is 1. The van der Waals surface area contributed by atoms with E-state index in [1.54, 1.807) is 34.7 Å². The minimum atomic E-state index is -1.14. The summed E-state index contributed by atoms with van der Waals surface area (Å²) < 4.78 is 5.90. The number of amides is 6. The van der Waals surface area contributed by atoms with Crippen LogP contribution in [0.3, 0.4) is 0 Å². The molecule has 0 radical (unpaired) electrons. The lowest BCUT2D eigenvalue weighted by Crippen LogP contribution is -2.60. The van der Waals surface area contributed by atoms with Gasteiger partial charge in [-0.15, -0.1) is 0 Å². The van der Waals surface area contributed by atoms with Crippen LogP contribution in [0.15, 0.2) is 12.3 Å². The van der Waals surface area contributed by atoms with Gasteiger partial charge >= 0.3 is 12.1 Å². The van der Waals surface area contributed by atoms with Crippen LogP contribution >= 0.6 is 0 Å². The highest BCUT2D eigenvalue weighted by atomic mass is 16.6. The maximum atomic E-state index is 14.2. The first kappa shape index (κ1) is 30.3. The van der Waals surface area contributed by atoms with Crippen LogP contribution in [0.2, 0.25) is 0 Å². The maximum absolute atomic E-state index is 14.2. The molecule has 4 rings (SSSR count). The summed E-state index contributed by atoms with van der Waals surface area (Å²) >= 11 is 0. The lowest BCUT2D eigenvalue weighted by molar-refractivity contribution is -0.143. The molecule has 4 aliphatic rings. The van der Waals surface area contributed by atoms with Crippen LogP contribution in [0.1, 0.15) is 72.6 Å². The summed E-state index contributed by atoms with van der Waals surface area (Å²) in [5.41, 5.74) is 3.11. The van der Waals surface area contributed by atoms with Gasteiger partial charge in [-0.05, 0) is 37.5 Å². The number of likely N-dealkylation sites (N-methyl/N-ethyl adjacent to an activating group) is 1. The number of ether oxygens (including phenoxy) is 1. The van der Waals surface area contributed by atoms with E-state index in [1.165, 1.54) is 9.80 Å². The molecular formula is C28H42N6O7. The fourth-order valence-corrected chi connectivity index (χ4v) is 6.38. The molecule has 6 amide bonds. The Hall–Kier alpha value is -3.64. The van der Waals surface area contributed by atoms with Crippen molar-refractivity contribution in [1.29, 1.82) is 0 Å². The summed E-state index contributed by atoms with van der Waals surface area (Å²) in [5.74, 6) is -3.04. The van der Waals surface area contributed by atoms with E-state index >= 15 is 0 Å². The second-order valence-corrected chi connectivity index (χ2v) is 13.1. The number of likely N-dealkylation sites (tertiary alicyclic amines) is 1. The molecule has 2 saturated heterocycles. The summed E-state index contributed by atoms with van der Waals surface area (Å²) in [6.45, 7) is 10.5. The van der Waals surface area contributed by atoms with E-state index in [1.807, 2.05) is 0 Å². The minimum absolute atomic E-state index is 0.0103. The van der Waals surface area contributed by atoms with Gasteiger partial charge in [-0.1, -0.05) is 46.6 Å². The summed E-state index contributed by atoms with van der Waals surface area (Å²) in [7, 11) is 1.64. The first-order valence-electron chi connectivity index (χ1n) is 14.2. The van der Waals surface area contributed by atoms with Crippen LogP contribution in [0.25, 0.3) is 0 Å². The summed E-state index contributed by atoms with van der Waals surface area (Å²) in [6, 6.07) is -3.94. The molecule has 4 fully saturated rings. The fraction of sp³-hybridized carbons (Fsp3) is 0.714. The molecule has 13 heteroatoms. The highest BCUT2D eigenvalue weighted by molar-refractivity contribution is 6.37. The average molecular weight is 575 g/mol. The molecule has 0 aromatic heterocycles. The van der Waals surface area contributed by atoms with Gasteiger partial charge in [0.2, 0.25) is 17.6 Å². The number of nitrogens with one attached hydrogen (secondary N) is 3. The van der Waals surface area contributed by atoms with Crippen molar-refractivity contribution >= 4 is 35.6 Å². The first-order valence-corrected chi connectivity index (χ1v) is 14.2. The molecule has 2 aliphatic carbocycles. The summed E-state index contributed by atoms with van der Waals surface area (Å²) in [4.78, 5) is 80.8. The van der Waals surface area contributed by atoms with E-state index in [4.69, 9.17) is 10.5 Å². The molecule has 2 saturated carbocycles. The Morgan fingerprint density at radius 1 is 1.15 bits per heavy atom. The molecule has 2 unspecified atom stereocenters. The van der Waals surface area contributed by atoms with Crippen molar-refractivity contribution in [1.82, 2.24) is 25.8 Å². The van der Waals surface area contributed by atoms with E-state index in [0.29, 0.717) is 18.5 Å². The number of primary amides is 1. The van der Waals surface area contributed by atoms with Crippen LogP contribution in [0, 0.1) is 11.3 Å². The van der Waals surface area contributed by atoms with Gasteiger partial charge in [-0.2, -0.15) is 0 Å². The van der Waals surface area contributed by atoms with Gasteiger partial charge in [0.1, 0.15) is 12.1 Å². The van der Waals surface area contributed by atoms with Crippen molar-refractivity contribution in [2.45, 2.75) is 102 Å². The van der Waals surface area contributed by atoms with E-state index in [2.05, 4.69) is 22.5 Å². The maximum Gasteiger partial charge on any atom is 0.410 e. The number of carbonyl (C=O) groups excluding carboxylic acids is 6. The second-order valence-electron chi connectivity index (χ2n) is 13.1. The number of nitrogens with zero attached hydrogens (tertiary/aromatic N) is 2. The number of carbonyl (C=O) groups is 6. The Kier molecular flexibility index (Phi) is 7.87. The second kappa shape index (κ2) is 10.6. The number of allylic oxidation sites excluding steroid dienone is 1. The van der Waals surface area contributed by atoms with Crippen molar-refractivity contribution in [2.75, 3.05) is 13.6 Å². The van der Waals surface area contributed by atoms with Gasteiger partial charge in [0.25, 0.3) is 5.91 Å². The molecule has 13 nitrogen and oxygen atoms in total. The zero-order valence-corrected chi connectivity index (χ0v) is 24.5. The third-order valence-electron chi connectivity index (χ3n) is 9.07. The monoisotopic (exact) mass is 574 g/mol. The van der Waals surface area contributed by atoms with Gasteiger partial charge in [-0.3, -0.25) is 19.2 Å².